The van der Waals surface area contributed by atoms with E-state index >= 15 is 0 Å². The van der Waals surface area contributed by atoms with E-state index < -0.39 is 45.2 Å². The molecule has 0 radical (unpaired) electrons. The average molecular weight is 226 g/mol. The van der Waals surface area contributed by atoms with E-state index in [4.69, 9.17) is 5.11 Å². The van der Waals surface area contributed by atoms with Gasteiger partial charge in [-0.2, -0.15) is 8.78 Å². The van der Waals surface area contributed by atoms with Gasteiger partial charge in [-0.25, -0.2) is 13.2 Å². The van der Waals surface area contributed by atoms with Crippen molar-refractivity contribution in [1.82, 2.24) is 0 Å². The topological polar surface area (TPSA) is 71.4 Å². The molecule has 0 atom stereocenters. The molecule has 1 aliphatic rings. The molecule has 0 saturated heterocycles. The van der Waals surface area contributed by atoms with Gasteiger partial charge in [0, 0.05) is 5.57 Å². The highest BCUT2D eigenvalue weighted by molar-refractivity contribution is 7.91. The van der Waals surface area contributed by atoms with Crippen molar-refractivity contribution in [2.45, 2.75) is 12.3 Å². The molecule has 7 heteroatoms. The first kappa shape index (κ1) is 11.1. The van der Waals surface area contributed by atoms with Gasteiger partial charge in [0.2, 0.25) is 0 Å². The van der Waals surface area contributed by atoms with Crippen molar-refractivity contribution in [2.24, 2.45) is 0 Å². The standard InChI is InChI=1S/C7H8F2O4S/c8-7(9,6(10)11)5-1-3-14(12,13)4-2-5/h1H,2-4H2,(H,10,11). The van der Waals surface area contributed by atoms with E-state index in [1.165, 1.54) is 0 Å². The molecule has 0 aromatic heterocycles. The summed E-state index contributed by atoms with van der Waals surface area (Å²) < 4.78 is 47.4. The van der Waals surface area contributed by atoms with E-state index in [0.29, 0.717) is 0 Å². The number of rotatable bonds is 2. The Kier molecular flexibility index (Phi) is 2.62. The molecule has 0 aromatic rings. The van der Waals surface area contributed by atoms with Gasteiger partial charge in [0.1, 0.15) is 0 Å². The van der Waals surface area contributed by atoms with Crippen LogP contribution in [-0.4, -0.2) is 36.9 Å². The molecule has 14 heavy (non-hydrogen) atoms. The Morgan fingerprint density at radius 2 is 2.07 bits per heavy atom. The number of hydrogen-bond donors (Lipinski definition) is 1. The average Bonchev–Trinajstić information content (AvgIpc) is 2.03. The Bertz CT molecular complexity index is 382. The highest BCUT2D eigenvalue weighted by Crippen LogP contribution is 2.29. The minimum Gasteiger partial charge on any atom is -0.477 e. The number of carboxylic acids is 1. The number of aliphatic carboxylic acids is 1. The van der Waals surface area contributed by atoms with E-state index in [1.54, 1.807) is 0 Å². The minimum absolute atomic E-state index is 0.415. The Morgan fingerprint density at radius 3 is 2.43 bits per heavy atom. The summed E-state index contributed by atoms with van der Waals surface area (Å²) in [4.78, 5) is 10.1. The van der Waals surface area contributed by atoms with Crippen LogP contribution in [0.15, 0.2) is 11.6 Å². The third-order valence-electron chi connectivity index (χ3n) is 1.94. The molecule has 1 N–H and O–H groups in total. The maximum absolute atomic E-state index is 12.8. The highest BCUT2D eigenvalue weighted by atomic mass is 32.2. The van der Waals surface area contributed by atoms with Crippen LogP contribution < -0.4 is 0 Å². The first-order chi connectivity index (χ1) is 6.26. The van der Waals surface area contributed by atoms with Crippen molar-refractivity contribution in [3.05, 3.63) is 11.6 Å². The van der Waals surface area contributed by atoms with Gasteiger partial charge in [-0.3, -0.25) is 0 Å². The lowest BCUT2D eigenvalue weighted by atomic mass is 10.1. The predicted molar refractivity (Wildman–Crippen MR) is 43.9 cm³/mol. The summed E-state index contributed by atoms with van der Waals surface area (Å²) in [6, 6.07) is 0. The summed E-state index contributed by atoms with van der Waals surface area (Å²) in [7, 11) is -3.30. The van der Waals surface area contributed by atoms with Gasteiger partial charge in [-0.05, 0) is 6.42 Å². The first-order valence-corrected chi connectivity index (χ1v) is 5.59. The van der Waals surface area contributed by atoms with E-state index in [0.717, 1.165) is 6.08 Å². The second kappa shape index (κ2) is 3.30. The Hall–Kier alpha value is -0.980. The SMILES string of the molecule is O=C(O)C(F)(F)C1=CCS(=O)(=O)CC1. The molecule has 0 spiro atoms. The molecule has 0 bridgehead atoms. The maximum atomic E-state index is 12.8. The molecule has 1 rings (SSSR count). The van der Waals surface area contributed by atoms with Crippen LogP contribution >= 0.6 is 0 Å². The lowest BCUT2D eigenvalue weighted by molar-refractivity contribution is -0.159. The van der Waals surface area contributed by atoms with Crippen LogP contribution in [-0.2, 0) is 14.6 Å². The monoisotopic (exact) mass is 226 g/mol. The molecule has 0 aromatic carbocycles. The molecule has 0 saturated carbocycles. The van der Waals surface area contributed by atoms with Crippen LogP contribution in [0.1, 0.15) is 6.42 Å². The number of alkyl halides is 2. The van der Waals surface area contributed by atoms with Gasteiger partial charge in [-0.1, -0.05) is 6.08 Å². The summed E-state index contributed by atoms with van der Waals surface area (Å²) in [5, 5.41) is 8.18. The molecule has 1 heterocycles. The summed E-state index contributed by atoms with van der Waals surface area (Å²) in [5.41, 5.74) is -0.625. The van der Waals surface area contributed by atoms with Crippen LogP contribution in [0.2, 0.25) is 0 Å². The lowest BCUT2D eigenvalue weighted by Crippen LogP contribution is -2.34. The molecule has 0 aliphatic carbocycles. The van der Waals surface area contributed by atoms with E-state index in [2.05, 4.69) is 0 Å². The molecule has 80 valence electrons. The van der Waals surface area contributed by atoms with Crippen LogP contribution in [0.25, 0.3) is 0 Å². The van der Waals surface area contributed by atoms with Crippen LogP contribution in [0, 0.1) is 0 Å². The Balaban J connectivity index is 2.94. The van der Waals surface area contributed by atoms with Crippen LogP contribution in [0.5, 0.6) is 0 Å². The Morgan fingerprint density at radius 1 is 1.50 bits per heavy atom. The second-order valence-electron chi connectivity index (χ2n) is 2.97. The fraction of sp³-hybridized carbons (Fsp3) is 0.571. The predicted octanol–water partition coefficient (Wildman–Crippen LogP) is 0.451. The molecule has 0 unspecified atom stereocenters. The molecule has 4 nitrogen and oxygen atoms in total. The van der Waals surface area contributed by atoms with Gasteiger partial charge in [0.05, 0.1) is 11.5 Å². The van der Waals surface area contributed by atoms with Crippen molar-refractivity contribution in [3.8, 4) is 0 Å². The minimum atomic E-state index is -3.95. The van der Waals surface area contributed by atoms with Crippen molar-refractivity contribution >= 4 is 15.8 Å². The molecule has 1 aliphatic heterocycles. The normalized spacial score (nSPS) is 21.4. The van der Waals surface area contributed by atoms with E-state index in [9.17, 15) is 22.0 Å². The number of hydrogen-bond acceptors (Lipinski definition) is 3. The fourth-order valence-corrected chi connectivity index (χ4v) is 2.25. The fourth-order valence-electron chi connectivity index (χ4n) is 1.10. The summed E-state index contributed by atoms with van der Waals surface area (Å²) in [6.45, 7) is 0. The summed E-state index contributed by atoms with van der Waals surface area (Å²) in [5.74, 6) is -7.12. The van der Waals surface area contributed by atoms with E-state index in [1.807, 2.05) is 0 Å². The third kappa shape index (κ3) is 2.09. The highest BCUT2D eigenvalue weighted by Gasteiger charge is 2.44. The van der Waals surface area contributed by atoms with Crippen molar-refractivity contribution in [3.63, 3.8) is 0 Å². The zero-order valence-corrected chi connectivity index (χ0v) is 7.85. The first-order valence-electron chi connectivity index (χ1n) is 3.77. The van der Waals surface area contributed by atoms with Gasteiger partial charge < -0.3 is 5.11 Å². The van der Waals surface area contributed by atoms with Gasteiger partial charge in [0.25, 0.3) is 0 Å². The van der Waals surface area contributed by atoms with E-state index in [-0.39, 0.29) is 0 Å². The van der Waals surface area contributed by atoms with Crippen molar-refractivity contribution in [1.29, 1.82) is 0 Å². The maximum Gasteiger partial charge on any atom is 0.379 e. The molecular formula is C7H8F2O4S. The molecule has 0 fully saturated rings. The number of halogens is 2. The van der Waals surface area contributed by atoms with Crippen molar-refractivity contribution < 1.29 is 27.1 Å². The van der Waals surface area contributed by atoms with Crippen LogP contribution in [0.4, 0.5) is 8.78 Å². The number of carboxylic acid groups (broad SMARTS) is 1. The number of sulfone groups is 1. The summed E-state index contributed by atoms with van der Waals surface area (Å²) >= 11 is 0. The van der Waals surface area contributed by atoms with Crippen molar-refractivity contribution in [2.75, 3.05) is 11.5 Å². The summed E-state index contributed by atoms with van der Waals surface area (Å²) in [6.07, 6.45) is 0.370. The quantitative estimate of drug-likeness (QED) is 0.694. The largest absolute Gasteiger partial charge is 0.477 e. The van der Waals surface area contributed by atoms with Gasteiger partial charge >= 0.3 is 11.9 Å². The zero-order valence-electron chi connectivity index (χ0n) is 7.03. The lowest BCUT2D eigenvalue weighted by Gasteiger charge is -2.18. The van der Waals surface area contributed by atoms with Crippen LogP contribution in [0.3, 0.4) is 0 Å². The third-order valence-corrected chi connectivity index (χ3v) is 3.44. The number of carbonyl (C=O) groups is 1. The smallest absolute Gasteiger partial charge is 0.379 e. The Labute approximate surface area is 79.1 Å². The molecule has 0 amide bonds. The second-order valence-corrected chi connectivity index (χ2v) is 5.20. The van der Waals surface area contributed by atoms with Gasteiger partial charge in [-0.15, -0.1) is 0 Å². The zero-order chi connectivity index (χ0) is 11.0. The van der Waals surface area contributed by atoms with Gasteiger partial charge in [0.15, 0.2) is 9.84 Å². The molecular weight excluding hydrogens is 218 g/mol.